The molecule has 0 radical (unpaired) electrons. The number of methoxy groups -OCH3 is 1. The van der Waals surface area contributed by atoms with E-state index >= 15 is 0 Å². The molecule has 9 nitrogen and oxygen atoms in total. The van der Waals surface area contributed by atoms with Crippen molar-refractivity contribution in [1.29, 1.82) is 10.8 Å². The van der Waals surface area contributed by atoms with Gasteiger partial charge < -0.3 is 25.3 Å². The fourth-order valence-electron chi connectivity index (χ4n) is 2.87. The largest absolute Gasteiger partial charge is 0.490 e. The first-order chi connectivity index (χ1) is 12.4. The monoisotopic (exact) mass is 378 g/mol. The molecular formula is C16H22N6O3S. The molecule has 1 aliphatic heterocycles. The maximum atomic E-state index is 11.4. The van der Waals surface area contributed by atoms with E-state index in [0.29, 0.717) is 37.3 Å². The molecule has 0 saturated carbocycles. The summed E-state index contributed by atoms with van der Waals surface area (Å²) in [5.41, 5.74) is 1.71. The van der Waals surface area contributed by atoms with Crippen molar-refractivity contribution in [3.05, 3.63) is 34.0 Å². The van der Waals surface area contributed by atoms with Crippen LogP contribution in [0.1, 0.15) is 5.56 Å². The minimum absolute atomic E-state index is 0.147. The zero-order chi connectivity index (χ0) is 19.3. The van der Waals surface area contributed by atoms with Gasteiger partial charge in [0.25, 0.3) is 0 Å². The standard InChI is InChI=1S/C16H22N6O3S/c1-19-10-11(9-17)12-7-14(22(23)24)15(25-2)8-13(12)20-3-5-21(6-4-20)16(18)26/h7-10,17,19H,3-6H2,1-2H3,(H2,18,26)/b11-10+,17-9?. The van der Waals surface area contributed by atoms with Crippen LogP contribution in [-0.2, 0) is 0 Å². The molecule has 0 amide bonds. The van der Waals surface area contributed by atoms with Gasteiger partial charge in [-0.3, -0.25) is 15.5 Å². The first-order valence-electron chi connectivity index (χ1n) is 7.95. The number of nitro benzene ring substituents is 1. The second-order valence-corrected chi connectivity index (χ2v) is 6.05. The van der Waals surface area contributed by atoms with Crippen molar-refractivity contribution in [1.82, 2.24) is 10.2 Å². The summed E-state index contributed by atoms with van der Waals surface area (Å²) in [5.74, 6) is 0.173. The van der Waals surface area contributed by atoms with E-state index in [9.17, 15) is 10.1 Å². The number of hydrogen-bond acceptors (Lipinski definition) is 7. The molecule has 0 atom stereocenters. The number of rotatable bonds is 6. The van der Waals surface area contributed by atoms with Gasteiger partial charge in [-0.1, -0.05) is 0 Å². The molecule has 1 aromatic rings. The van der Waals surface area contributed by atoms with Gasteiger partial charge in [-0.2, -0.15) is 0 Å². The lowest BCUT2D eigenvalue weighted by atomic mass is 10.0. The summed E-state index contributed by atoms with van der Waals surface area (Å²) in [5, 5.41) is 29.8. The van der Waals surface area contributed by atoms with E-state index < -0.39 is 4.92 Å². The summed E-state index contributed by atoms with van der Waals surface area (Å²) < 4.78 is 5.21. The van der Waals surface area contributed by atoms with Gasteiger partial charge in [0.15, 0.2) is 10.9 Å². The molecule has 0 aromatic heterocycles. The Bertz CT molecular complexity index is 744. The van der Waals surface area contributed by atoms with E-state index in [4.69, 9.17) is 15.6 Å². The first kappa shape index (κ1) is 19.6. The molecule has 1 heterocycles. The summed E-state index contributed by atoms with van der Waals surface area (Å²) in [7, 11) is 3.10. The molecular weight excluding hydrogens is 356 g/mol. The average Bonchev–Trinajstić information content (AvgIpc) is 2.65. The number of piperazine rings is 1. The van der Waals surface area contributed by atoms with Crippen LogP contribution in [-0.4, -0.2) is 61.5 Å². The highest BCUT2D eigenvalue weighted by Crippen LogP contribution is 2.38. The summed E-state index contributed by atoms with van der Waals surface area (Å²) in [4.78, 5) is 14.8. The van der Waals surface area contributed by atoms with Gasteiger partial charge in [0.2, 0.25) is 0 Å². The Morgan fingerprint density at radius 3 is 2.50 bits per heavy atom. The Hall–Kier alpha value is -2.75. The van der Waals surface area contributed by atoms with Crippen LogP contribution >= 0.6 is 12.6 Å². The van der Waals surface area contributed by atoms with E-state index in [1.54, 1.807) is 19.3 Å². The fourth-order valence-corrected chi connectivity index (χ4v) is 3.07. The van der Waals surface area contributed by atoms with Gasteiger partial charge in [0.1, 0.15) is 0 Å². The highest BCUT2D eigenvalue weighted by atomic mass is 32.1. The van der Waals surface area contributed by atoms with Crippen molar-refractivity contribution >= 4 is 41.0 Å². The second kappa shape index (κ2) is 8.56. The van der Waals surface area contributed by atoms with Gasteiger partial charge in [-0.15, -0.1) is 12.6 Å². The van der Waals surface area contributed by atoms with Crippen molar-refractivity contribution < 1.29 is 9.66 Å². The smallest absolute Gasteiger partial charge is 0.311 e. The van der Waals surface area contributed by atoms with Crippen molar-refractivity contribution in [3.63, 3.8) is 0 Å². The van der Waals surface area contributed by atoms with E-state index in [2.05, 4.69) is 22.8 Å². The van der Waals surface area contributed by atoms with Crippen molar-refractivity contribution in [2.75, 3.05) is 45.2 Å². The Kier molecular flexibility index (Phi) is 6.45. The second-order valence-electron chi connectivity index (χ2n) is 5.63. The molecule has 140 valence electrons. The van der Waals surface area contributed by atoms with Gasteiger partial charge in [-0.05, 0) is 0 Å². The highest BCUT2D eigenvalue weighted by Gasteiger charge is 2.25. The van der Waals surface area contributed by atoms with Gasteiger partial charge in [-0.25, -0.2) is 0 Å². The van der Waals surface area contributed by atoms with Crippen LogP contribution in [0, 0.1) is 20.9 Å². The topological polar surface area (TPSA) is 119 Å². The summed E-state index contributed by atoms with van der Waals surface area (Å²) >= 11 is 4.07. The minimum atomic E-state index is -0.493. The minimum Gasteiger partial charge on any atom is -0.490 e. The summed E-state index contributed by atoms with van der Waals surface area (Å²) in [6.07, 6.45) is 2.78. The SMILES string of the molecule is CN/C=C(\C=N)c1cc([N+](=O)[O-])c(OC)cc1N1CCN(C(=N)S)CC1. The predicted octanol–water partition coefficient (Wildman–Crippen LogP) is 1.80. The van der Waals surface area contributed by atoms with Gasteiger partial charge in [0, 0.05) is 74.6 Å². The third-order valence-electron chi connectivity index (χ3n) is 4.18. The molecule has 26 heavy (non-hydrogen) atoms. The average molecular weight is 378 g/mol. The van der Waals surface area contributed by atoms with Crippen LogP contribution in [0.5, 0.6) is 5.75 Å². The van der Waals surface area contributed by atoms with Crippen LogP contribution < -0.4 is 15.0 Å². The molecule has 0 bridgehead atoms. The number of ether oxygens (including phenoxy) is 1. The van der Waals surface area contributed by atoms with Crippen LogP contribution in [0.4, 0.5) is 11.4 Å². The molecule has 2 rings (SSSR count). The van der Waals surface area contributed by atoms with Crippen LogP contribution in [0.3, 0.4) is 0 Å². The third kappa shape index (κ3) is 4.07. The number of nitrogens with one attached hydrogen (secondary N) is 3. The Morgan fingerprint density at radius 1 is 1.38 bits per heavy atom. The van der Waals surface area contributed by atoms with E-state index in [-0.39, 0.29) is 16.6 Å². The molecule has 3 N–H and O–H groups in total. The fraction of sp³-hybridized carbons (Fsp3) is 0.375. The number of anilines is 1. The maximum absolute atomic E-state index is 11.4. The molecule has 0 aliphatic carbocycles. The number of allylic oxidation sites excluding steroid dienone is 1. The predicted molar refractivity (Wildman–Crippen MR) is 106 cm³/mol. The number of benzene rings is 1. The zero-order valence-corrected chi connectivity index (χ0v) is 15.5. The number of nitrogens with zero attached hydrogens (tertiary/aromatic N) is 3. The lowest BCUT2D eigenvalue weighted by Crippen LogP contribution is -2.47. The number of nitro groups is 1. The molecule has 1 aliphatic rings. The Labute approximate surface area is 157 Å². The molecule has 1 fully saturated rings. The van der Waals surface area contributed by atoms with E-state index in [1.807, 2.05) is 4.90 Å². The van der Waals surface area contributed by atoms with Crippen molar-refractivity contribution in [2.24, 2.45) is 0 Å². The molecule has 1 aromatic carbocycles. The Balaban J connectivity index is 2.52. The molecule has 10 heteroatoms. The number of amidine groups is 1. The lowest BCUT2D eigenvalue weighted by Gasteiger charge is -2.37. The van der Waals surface area contributed by atoms with Crippen LogP contribution in [0.2, 0.25) is 0 Å². The van der Waals surface area contributed by atoms with Crippen molar-refractivity contribution in [3.8, 4) is 5.75 Å². The molecule has 1 saturated heterocycles. The van der Waals surface area contributed by atoms with E-state index in [0.717, 1.165) is 11.9 Å². The normalized spacial score (nSPS) is 14.8. The van der Waals surface area contributed by atoms with E-state index in [1.165, 1.54) is 13.2 Å². The summed E-state index contributed by atoms with van der Waals surface area (Å²) in [6, 6.07) is 3.08. The maximum Gasteiger partial charge on any atom is 0.311 e. The third-order valence-corrected chi connectivity index (χ3v) is 4.46. The van der Waals surface area contributed by atoms with Crippen LogP contribution in [0.25, 0.3) is 5.57 Å². The van der Waals surface area contributed by atoms with Crippen LogP contribution in [0.15, 0.2) is 18.3 Å². The highest BCUT2D eigenvalue weighted by molar-refractivity contribution is 7.96. The zero-order valence-electron chi connectivity index (χ0n) is 14.7. The van der Waals surface area contributed by atoms with Crippen molar-refractivity contribution in [2.45, 2.75) is 0 Å². The molecule has 0 unspecified atom stereocenters. The Morgan fingerprint density at radius 2 is 2.04 bits per heavy atom. The van der Waals surface area contributed by atoms with Gasteiger partial charge >= 0.3 is 5.69 Å². The number of thiol groups is 1. The van der Waals surface area contributed by atoms with Gasteiger partial charge in [0.05, 0.1) is 12.0 Å². The lowest BCUT2D eigenvalue weighted by molar-refractivity contribution is -0.385. The first-order valence-corrected chi connectivity index (χ1v) is 8.39. The molecule has 0 spiro atoms. The summed E-state index contributed by atoms with van der Waals surface area (Å²) in [6.45, 7) is 2.50. The number of hydrogen-bond donors (Lipinski definition) is 4. The quantitative estimate of drug-likeness (QED) is 0.197.